The van der Waals surface area contributed by atoms with E-state index >= 15 is 0 Å². The van der Waals surface area contributed by atoms with Crippen LogP contribution in [0.15, 0.2) is 48.5 Å². The third kappa shape index (κ3) is 2.22. The summed E-state index contributed by atoms with van der Waals surface area (Å²) in [5.74, 6) is 0.762. The number of nitrogens with zero attached hydrogens (tertiary/aromatic N) is 2. The van der Waals surface area contributed by atoms with Crippen molar-refractivity contribution < 1.29 is 14.3 Å². The molecule has 2 amide bonds. The number of hydrogen-bond acceptors (Lipinski definition) is 3. The summed E-state index contributed by atoms with van der Waals surface area (Å²) in [5, 5.41) is 0. The molecule has 1 spiro atoms. The number of anilines is 1. The van der Waals surface area contributed by atoms with Gasteiger partial charge in [0.1, 0.15) is 5.75 Å². The number of ether oxygens (including phenoxy) is 1. The van der Waals surface area contributed by atoms with Gasteiger partial charge in [-0.2, -0.15) is 0 Å². The molecule has 0 saturated carbocycles. The highest BCUT2D eigenvalue weighted by atomic mass is 16.5. The average Bonchev–Trinajstić information content (AvgIpc) is 3.19. The average molecular weight is 336 g/mol. The molecule has 0 unspecified atom stereocenters. The number of amides is 2. The molecule has 2 heterocycles. The molecule has 1 saturated heterocycles. The van der Waals surface area contributed by atoms with Crippen LogP contribution in [0.2, 0.25) is 0 Å². The predicted octanol–water partition coefficient (Wildman–Crippen LogP) is 2.46. The molecule has 0 radical (unpaired) electrons. The Morgan fingerprint density at radius 1 is 1.16 bits per heavy atom. The molecule has 2 aliphatic rings. The first-order valence-corrected chi connectivity index (χ1v) is 8.38. The largest absolute Gasteiger partial charge is 0.497 e. The molecule has 2 aromatic rings. The standard InChI is InChI=1S/C20H20N2O3/c1-21-17-9-8-15(25-2)12-16(17)20(19(21)24)10-11-22(13-20)18(23)14-6-4-3-5-7-14/h3-9,12H,10-11,13H2,1-2H3/t20-/m1/s1. The fraction of sp³-hybridized carbons (Fsp3) is 0.300. The molecule has 2 aromatic carbocycles. The summed E-state index contributed by atoms with van der Waals surface area (Å²) < 4.78 is 5.35. The molecule has 5 heteroatoms. The summed E-state index contributed by atoms with van der Waals surface area (Å²) >= 11 is 0. The van der Waals surface area contributed by atoms with Crippen LogP contribution in [-0.4, -0.2) is 44.0 Å². The Hall–Kier alpha value is -2.82. The van der Waals surface area contributed by atoms with Gasteiger partial charge in [0.15, 0.2) is 0 Å². The van der Waals surface area contributed by atoms with E-state index in [1.54, 1.807) is 24.0 Å². The minimum absolute atomic E-state index is 0.0238. The molecular formula is C20H20N2O3. The molecule has 0 aliphatic carbocycles. The molecule has 4 rings (SSSR count). The SMILES string of the molecule is COc1ccc2c(c1)[C@]1(CCN(C(=O)c3ccccc3)C1)C(=O)N2C. The van der Waals surface area contributed by atoms with Gasteiger partial charge in [0, 0.05) is 31.4 Å². The van der Waals surface area contributed by atoms with Gasteiger partial charge in [-0.1, -0.05) is 18.2 Å². The van der Waals surface area contributed by atoms with Crippen LogP contribution >= 0.6 is 0 Å². The van der Waals surface area contributed by atoms with Gasteiger partial charge in [0.05, 0.1) is 12.5 Å². The van der Waals surface area contributed by atoms with Crippen molar-refractivity contribution >= 4 is 17.5 Å². The van der Waals surface area contributed by atoms with Crippen molar-refractivity contribution in [1.29, 1.82) is 0 Å². The van der Waals surface area contributed by atoms with Gasteiger partial charge in [-0.15, -0.1) is 0 Å². The van der Waals surface area contributed by atoms with Gasteiger partial charge in [0.25, 0.3) is 5.91 Å². The van der Waals surface area contributed by atoms with E-state index in [9.17, 15) is 9.59 Å². The summed E-state index contributed by atoms with van der Waals surface area (Å²) in [7, 11) is 3.42. The third-order valence-electron chi connectivity index (χ3n) is 5.37. The quantitative estimate of drug-likeness (QED) is 0.846. The highest BCUT2D eigenvalue weighted by molar-refractivity contribution is 6.09. The Morgan fingerprint density at radius 2 is 1.92 bits per heavy atom. The maximum absolute atomic E-state index is 13.0. The number of hydrogen-bond donors (Lipinski definition) is 0. The number of likely N-dealkylation sites (N-methyl/N-ethyl adjacent to an activating group) is 1. The number of fused-ring (bicyclic) bond motifs is 2. The number of methoxy groups -OCH3 is 1. The van der Waals surface area contributed by atoms with E-state index in [1.807, 2.05) is 48.5 Å². The molecule has 128 valence electrons. The Balaban J connectivity index is 1.70. The molecule has 1 atom stereocenters. The zero-order valence-corrected chi connectivity index (χ0v) is 14.4. The number of benzene rings is 2. The van der Waals surface area contributed by atoms with Crippen LogP contribution in [0.5, 0.6) is 5.75 Å². The first-order chi connectivity index (χ1) is 12.1. The normalized spacial score (nSPS) is 21.8. The molecule has 2 aliphatic heterocycles. The summed E-state index contributed by atoms with van der Waals surface area (Å²) in [6.45, 7) is 0.980. The predicted molar refractivity (Wildman–Crippen MR) is 95.0 cm³/mol. The second-order valence-electron chi connectivity index (χ2n) is 6.67. The molecule has 5 nitrogen and oxygen atoms in total. The minimum atomic E-state index is -0.664. The lowest BCUT2D eigenvalue weighted by atomic mass is 9.81. The summed E-state index contributed by atoms with van der Waals surface area (Å²) in [5.41, 5.74) is 1.86. The zero-order valence-electron chi connectivity index (χ0n) is 14.4. The first-order valence-electron chi connectivity index (χ1n) is 8.38. The van der Waals surface area contributed by atoms with Gasteiger partial charge in [0.2, 0.25) is 5.91 Å². The van der Waals surface area contributed by atoms with E-state index in [4.69, 9.17) is 4.74 Å². The minimum Gasteiger partial charge on any atom is -0.497 e. The van der Waals surface area contributed by atoms with Crippen molar-refractivity contribution in [2.75, 3.05) is 32.1 Å². The summed E-state index contributed by atoms with van der Waals surface area (Å²) in [6, 6.07) is 14.9. The molecule has 0 N–H and O–H groups in total. The maximum Gasteiger partial charge on any atom is 0.253 e. The van der Waals surface area contributed by atoms with Crippen molar-refractivity contribution in [3.63, 3.8) is 0 Å². The number of carbonyl (C=O) groups is 2. The fourth-order valence-corrected chi connectivity index (χ4v) is 4.00. The van der Waals surface area contributed by atoms with E-state index < -0.39 is 5.41 Å². The molecule has 0 bridgehead atoms. The molecule has 1 fully saturated rings. The molecule has 25 heavy (non-hydrogen) atoms. The van der Waals surface area contributed by atoms with Crippen LogP contribution in [0.3, 0.4) is 0 Å². The maximum atomic E-state index is 13.0. The van der Waals surface area contributed by atoms with Crippen molar-refractivity contribution in [3.05, 3.63) is 59.7 Å². The third-order valence-corrected chi connectivity index (χ3v) is 5.37. The lowest BCUT2D eigenvalue weighted by Gasteiger charge is -2.23. The highest BCUT2D eigenvalue weighted by Gasteiger charge is 2.54. The van der Waals surface area contributed by atoms with Crippen molar-refractivity contribution in [2.45, 2.75) is 11.8 Å². The van der Waals surface area contributed by atoms with Gasteiger partial charge in [-0.25, -0.2) is 0 Å². The van der Waals surface area contributed by atoms with Crippen LogP contribution in [0.4, 0.5) is 5.69 Å². The first kappa shape index (κ1) is 15.7. The Kier molecular flexibility index (Phi) is 3.53. The van der Waals surface area contributed by atoms with Gasteiger partial charge >= 0.3 is 0 Å². The van der Waals surface area contributed by atoms with Crippen molar-refractivity contribution in [1.82, 2.24) is 4.90 Å². The zero-order chi connectivity index (χ0) is 17.6. The van der Waals surface area contributed by atoms with E-state index in [1.165, 1.54) is 0 Å². The molecule has 0 aromatic heterocycles. The second-order valence-corrected chi connectivity index (χ2v) is 6.67. The Labute approximate surface area is 146 Å². The van der Waals surface area contributed by atoms with Gasteiger partial charge < -0.3 is 14.5 Å². The Bertz CT molecular complexity index is 849. The van der Waals surface area contributed by atoms with Crippen LogP contribution in [0, 0.1) is 0 Å². The lowest BCUT2D eigenvalue weighted by Crippen LogP contribution is -2.42. The fourth-order valence-electron chi connectivity index (χ4n) is 4.00. The number of likely N-dealkylation sites (tertiary alicyclic amines) is 1. The van der Waals surface area contributed by atoms with Crippen LogP contribution in [-0.2, 0) is 10.2 Å². The van der Waals surface area contributed by atoms with Gasteiger partial charge in [-0.3, -0.25) is 9.59 Å². The highest BCUT2D eigenvalue weighted by Crippen LogP contribution is 2.48. The summed E-state index contributed by atoms with van der Waals surface area (Å²) in [4.78, 5) is 29.3. The van der Waals surface area contributed by atoms with E-state index in [0.717, 1.165) is 17.0 Å². The van der Waals surface area contributed by atoms with Crippen molar-refractivity contribution in [3.8, 4) is 5.75 Å². The Morgan fingerprint density at radius 3 is 2.64 bits per heavy atom. The smallest absolute Gasteiger partial charge is 0.253 e. The monoisotopic (exact) mass is 336 g/mol. The summed E-state index contributed by atoms with van der Waals surface area (Å²) in [6.07, 6.45) is 0.634. The lowest BCUT2D eigenvalue weighted by molar-refractivity contribution is -0.122. The van der Waals surface area contributed by atoms with Crippen LogP contribution in [0.1, 0.15) is 22.3 Å². The topological polar surface area (TPSA) is 49.9 Å². The molecular weight excluding hydrogens is 316 g/mol. The van der Waals surface area contributed by atoms with Gasteiger partial charge in [-0.05, 0) is 42.3 Å². The van der Waals surface area contributed by atoms with E-state index in [0.29, 0.717) is 25.1 Å². The number of carbonyl (C=O) groups excluding carboxylic acids is 2. The van der Waals surface area contributed by atoms with Crippen LogP contribution < -0.4 is 9.64 Å². The van der Waals surface area contributed by atoms with E-state index in [-0.39, 0.29) is 11.8 Å². The van der Waals surface area contributed by atoms with E-state index in [2.05, 4.69) is 0 Å². The second kappa shape index (κ2) is 5.62. The van der Waals surface area contributed by atoms with Crippen molar-refractivity contribution in [2.24, 2.45) is 0 Å². The number of rotatable bonds is 2. The van der Waals surface area contributed by atoms with Crippen LogP contribution in [0.25, 0.3) is 0 Å².